The zero-order chi connectivity index (χ0) is 36.2. The van der Waals surface area contributed by atoms with E-state index >= 15 is 0 Å². The Morgan fingerprint density at radius 3 is 2.10 bits per heavy atom. The third-order valence-corrected chi connectivity index (χ3v) is 8.80. The van der Waals surface area contributed by atoms with Crippen LogP contribution in [0, 0.1) is 0 Å². The van der Waals surface area contributed by atoms with Crippen molar-refractivity contribution in [2.45, 2.75) is 68.8 Å². The lowest BCUT2D eigenvalue weighted by molar-refractivity contribution is -0.143. The molecule has 0 radical (unpaired) electrons. The summed E-state index contributed by atoms with van der Waals surface area (Å²) in [5.41, 5.74) is 2.14. The molecule has 0 bridgehead atoms. The van der Waals surface area contributed by atoms with Crippen LogP contribution in [0.15, 0.2) is 59.0 Å². The Bertz CT molecular complexity index is 1870. The van der Waals surface area contributed by atoms with Crippen LogP contribution in [-0.2, 0) is 36.1 Å². The maximum absolute atomic E-state index is 14.1. The first-order valence-electron chi connectivity index (χ1n) is 15.2. The first kappa shape index (κ1) is 34.9. The summed E-state index contributed by atoms with van der Waals surface area (Å²) in [5.74, 6) is 0.545. The molecule has 2 saturated heterocycles. The summed E-state index contributed by atoms with van der Waals surface area (Å²) in [4.78, 5) is 14.6. The predicted octanol–water partition coefficient (Wildman–Crippen LogP) is 8.96. The Hall–Kier alpha value is -4.96. The second-order valence-electron chi connectivity index (χ2n) is 11.9. The Morgan fingerprint density at radius 1 is 0.820 bits per heavy atom. The number of ether oxygens (including phenoxy) is 2. The van der Waals surface area contributed by atoms with Crippen LogP contribution >= 0.6 is 0 Å². The largest absolute Gasteiger partial charge is 0.496 e. The highest BCUT2D eigenvalue weighted by Gasteiger charge is 2.50. The molecule has 3 unspecified atom stereocenters. The maximum Gasteiger partial charge on any atom is 0.416 e. The van der Waals surface area contributed by atoms with E-state index in [9.17, 15) is 44.3 Å². The van der Waals surface area contributed by atoms with E-state index in [1.165, 1.54) is 13.2 Å². The van der Waals surface area contributed by atoms with Gasteiger partial charge in [0.05, 0.1) is 35.9 Å². The van der Waals surface area contributed by atoms with Gasteiger partial charge < -0.3 is 19.6 Å². The molecule has 4 aromatic rings. The Kier molecular flexibility index (Phi) is 8.89. The minimum Gasteiger partial charge on any atom is -0.496 e. The normalized spacial score (nSPS) is 19.8. The van der Waals surface area contributed by atoms with Gasteiger partial charge in [0.25, 0.3) is 0 Å². The van der Waals surface area contributed by atoms with Crippen LogP contribution in [0.2, 0.25) is 0 Å². The van der Waals surface area contributed by atoms with Crippen LogP contribution in [0.1, 0.15) is 70.7 Å². The number of anilines is 1. The average molecular weight is 715 g/mol. The molecule has 3 atom stereocenters. The zero-order valence-electron chi connectivity index (χ0n) is 25.9. The topological polar surface area (TPSA) is 104 Å². The van der Waals surface area contributed by atoms with E-state index in [1.54, 1.807) is 18.2 Å². The summed E-state index contributed by atoms with van der Waals surface area (Å²) < 4.78 is 141. The number of alkyl halides is 9. The van der Waals surface area contributed by atoms with Gasteiger partial charge in [-0.25, -0.2) is 4.79 Å². The third kappa shape index (κ3) is 6.89. The quantitative estimate of drug-likeness (QED) is 0.191. The molecule has 0 aliphatic carbocycles. The smallest absolute Gasteiger partial charge is 0.416 e. The molecule has 2 N–H and O–H groups in total. The lowest BCUT2D eigenvalue weighted by atomic mass is 9.83. The van der Waals surface area contributed by atoms with Crippen molar-refractivity contribution in [1.29, 1.82) is 0 Å². The molecule has 1 amide bonds. The highest BCUT2D eigenvalue weighted by molar-refractivity contribution is 5.77. The van der Waals surface area contributed by atoms with E-state index in [2.05, 4.69) is 10.2 Å². The molecule has 3 aromatic carbocycles. The van der Waals surface area contributed by atoms with E-state index in [0.717, 1.165) is 17.0 Å². The summed E-state index contributed by atoms with van der Waals surface area (Å²) in [6.07, 6.45) is -16.6. The number of aromatic nitrogens is 2. The molecular formula is C33H27F9N4O4. The number of rotatable bonds is 7. The van der Waals surface area contributed by atoms with Gasteiger partial charge in [-0.05, 0) is 90.4 Å². The second-order valence-corrected chi connectivity index (χ2v) is 11.9. The first-order chi connectivity index (χ1) is 23.4. The number of piperidine rings is 1. The summed E-state index contributed by atoms with van der Waals surface area (Å²) in [5, 5.41) is 7.43. The van der Waals surface area contributed by atoms with Crippen molar-refractivity contribution < 1.29 is 58.2 Å². The summed E-state index contributed by atoms with van der Waals surface area (Å²) in [6.45, 7) is 0. The molecular weight excluding hydrogens is 687 g/mol. The number of nitrogens with two attached hydrogens (primary N) is 1. The van der Waals surface area contributed by atoms with E-state index < -0.39 is 65.1 Å². The second kappa shape index (κ2) is 12.7. The molecule has 1 aromatic heterocycles. The molecule has 0 spiro atoms. The number of fused-ring (bicyclic) bond motifs is 1. The zero-order valence-corrected chi connectivity index (χ0v) is 25.9. The average Bonchev–Trinajstić information content (AvgIpc) is 3.64. The standard InChI is InChI=1S/C33H27F9N4O4/c1-48-26-9-5-16(6-10-27-44-45-29(43)49-27)11-23(26)21-8-7-18(31(34,35)36)15-22(21)24-3-2-4-25-28(50-30(47)46(24)25)17-12-19(32(37,38)39)14-20(13-17)33(40,41)42/h5,7-9,11-15,24-25,28H,2-4,6,10H2,1H3,(H2,43,45). The predicted molar refractivity (Wildman–Crippen MR) is 157 cm³/mol. The fraction of sp³-hybridized carbons (Fsp3) is 0.364. The van der Waals surface area contributed by atoms with Gasteiger partial charge in [0, 0.05) is 12.0 Å². The first-order valence-corrected chi connectivity index (χ1v) is 15.2. The van der Waals surface area contributed by atoms with Gasteiger partial charge in [-0.15, -0.1) is 5.10 Å². The number of carbonyl (C=O) groups is 1. The van der Waals surface area contributed by atoms with Crippen molar-refractivity contribution in [3.8, 4) is 16.9 Å². The van der Waals surface area contributed by atoms with Crippen molar-refractivity contribution >= 4 is 12.1 Å². The number of benzene rings is 3. The number of aryl methyl sites for hydroxylation is 2. The highest BCUT2D eigenvalue weighted by atomic mass is 19.4. The number of cyclic esters (lactones) is 1. The van der Waals surface area contributed by atoms with Crippen LogP contribution < -0.4 is 10.5 Å². The summed E-state index contributed by atoms with van der Waals surface area (Å²) in [7, 11) is 1.37. The summed E-state index contributed by atoms with van der Waals surface area (Å²) in [6, 6.07) is 6.71. The highest BCUT2D eigenvalue weighted by Crippen LogP contribution is 2.50. The Labute approximate surface area is 278 Å². The number of nitrogen functional groups attached to an aromatic ring is 1. The number of nitrogens with zero attached hydrogens (tertiary/aromatic N) is 3. The molecule has 0 saturated carbocycles. The van der Waals surface area contributed by atoms with Gasteiger partial charge in [-0.1, -0.05) is 17.2 Å². The molecule has 50 heavy (non-hydrogen) atoms. The van der Waals surface area contributed by atoms with Crippen LogP contribution in [0.4, 0.5) is 50.3 Å². The fourth-order valence-corrected chi connectivity index (χ4v) is 6.58. The minimum absolute atomic E-state index is 0.0321. The van der Waals surface area contributed by atoms with Gasteiger partial charge in [-0.3, -0.25) is 4.90 Å². The minimum atomic E-state index is -5.15. The number of hydrogen-bond acceptors (Lipinski definition) is 7. The molecule has 2 aliphatic rings. The molecule has 3 heterocycles. The number of hydrogen-bond donors (Lipinski definition) is 1. The van der Waals surface area contributed by atoms with Crippen molar-refractivity contribution in [2.75, 3.05) is 12.8 Å². The van der Waals surface area contributed by atoms with Crippen molar-refractivity contribution in [1.82, 2.24) is 15.1 Å². The van der Waals surface area contributed by atoms with Crippen LogP contribution in [-0.4, -0.2) is 34.3 Å². The van der Waals surface area contributed by atoms with Crippen molar-refractivity contribution in [3.63, 3.8) is 0 Å². The van der Waals surface area contributed by atoms with Crippen LogP contribution in [0.25, 0.3) is 11.1 Å². The lowest BCUT2D eigenvalue weighted by Crippen LogP contribution is -2.41. The van der Waals surface area contributed by atoms with Crippen molar-refractivity contribution in [3.05, 3.63) is 93.9 Å². The maximum atomic E-state index is 14.1. The van der Waals surface area contributed by atoms with Gasteiger partial charge in [0.1, 0.15) is 11.9 Å². The third-order valence-electron chi connectivity index (χ3n) is 8.80. The van der Waals surface area contributed by atoms with Gasteiger partial charge in [-0.2, -0.15) is 39.5 Å². The molecule has 6 rings (SSSR count). The molecule has 266 valence electrons. The molecule has 17 heteroatoms. The van der Waals surface area contributed by atoms with E-state index in [-0.39, 0.29) is 60.5 Å². The van der Waals surface area contributed by atoms with Crippen LogP contribution in [0.3, 0.4) is 0 Å². The Morgan fingerprint density at radius 2 is 1.50 bits per heavy atom. The van der Waals surface area contributed by atoms with E-state index in [4.69, 9.17) is 19.6 Å². The van der Waals surface area contributed by atoms with Crippen molar-refractivity contribution in [2.24, 2.45) is 0 Å². The number of amides is 1. The monoisotopic (exact) mass is 714 g/mol. The number of halogens is 9. The lowest BCUT2D eigenvalue weighted by Gasteiger charge is -2.38. The molecule has 2 fully saturated rings. The van der Waals surface area contributed by atoms with E-state index in [1.807, 2.05) is 0 Å². The number of carbonyl (C=O) groups excluding carboxylic acids is 1. The SMILES string of the molecule is COc1ccc(CCc2nnc(N)o2)cc1-c1ccc(C(F)(F)F)cc1C1CCCC2C(c3cc(C(F)(F)F)cc(C(F)(F)F)c3)OC(=O)N12. The van der Waals surface area contributed by atoms with Gasteiger partial charge in [0.2, 0.25) is 5.89 Å². The van der Waals surface area contributed by atoms with Gasteiger partial charge in [0.15, 0.2) is 0 Å². The Balaban J connectivity index is 1.43. The molecule has 8 nitrogen and oxygen atoms in total. The number of methoxy groups -OCH3 is 1. The summed E-state index contributed by atoms with van der Waals surface area (Å²) >= 11 is 0. The van der Waals surface area contributed by atoms with E-state index in [0.29, 0.717) is 29.7 Å². The van der Waals surface area contributed by atoms with Crippen LogP contribution in [0.5, 0.6) is 5.75 Å². The fourth-order valence-electron chi connectivity index (χ4n) is 6.58. The van der Waals surface area contributed by atoms with Gasteiger partial charge >= 0.3 is 30.6 Å². The molecule has 2 aliphatic heterocycles.